The fourth-order valence-corrected chi connectivity index (χ4v) is 2.98. The van der Waals surface area contributed by atoms with E-state index in [0.29, 0.717) is 19.3 Å². The Kier molecular flexibility index (Phi) is 5.25. The number of nitrogens with one attached hydrogen (secondary N) is 2. The number of carbonyl (C=O) groups is 2. The van der Waals surface area contributed by atoms with Gasteiger partial charge in [-0.3, -0.25) is 9.59 Å². The van der Waals surface area contributed by atoms with E-state index in [4.69, 9.17) is 4.74 Å². The maximum Gasteiger partial charge on any atom is 0.236 e. The van der Waals surface area contributed by atoms with Crippen LogP contribution in [0.1, 0.15) is 45.4 Å². The van der Waals surface area contributed by atoms with Crippen molar-refractivity contribution >= 4 is 11.8 Å². The molecular formula is C19H25FN2O3. The molecule has 3 rings (SSSR count). The molecular weight excluding hydrogens is 323 g/mol. The lowest BCUT2D eigenvalue weighted by Gasteiger charge is -2.39. The second kappa shape index (κ2) is 7.42. The van der Waals surface area contributed by atoms with Gasteiger partial charge in [-0.15, -0.1) is 0 Å². The Morgan fingerprint density at radius 1 is 1.28 bits per heavy atom. The Bertz CT molecular complexity index is 641. The molecule has 0 radical (unpaired) electrons. The quantitative estimate of drug-likeness (QED) is 0.710. The average Bonchev–Trinajstić information content (AvgIpc) is 3.35. The largest absolute Gasteiger partial charge is 0.488 e. The number of carbonyl (C=O) groups excluding carboxylic acids is 2. The van der Waals surface area contributed by atoms with Gasteiger partial charge in [-0.2, -0.15) is 0 Å². The van der Waals surface area contributed by atoms with Crippen LogP contribution in [0.25, 0.3) is 0 Å². The summed E-state index contributed by atoms with van der Waals surface area (Å²) in [6.07, 6.45) is 4.69. The highest BCUT2D eigenvalue weighted by Gasteiger charge is 2.52. The molecule has 6 heteroatoms. The van der Waals surface area contributed by atoms with Crippen molar-refractivity contribution in [3.8, 4) is 5.75 Å². The van der Waals surface area contributed by atoms with Crippen LogP contribution in [0.2, 0.25) is 0 Å². The Balaban J connectivity index is 1.57. The number of hydrogen-bond acceptors (Lipinski definition) is 3. The van der Waals surface area contributed by atoms with Crippen LogP contribution in [0.5, 0.6) is 5.75 Å². The molecule has 2 aliphatic rings. The molecule has 2 N–H and O–H groups in total. The first-order valence-electron chi connectivity index (χ1n) is 9.04. The molecule has 2 saturated carbocycles. The third-order valence-corrected chi connectivity index (χ3v) is 5.09. The van der Waals surface area contributed by atoms with Gasteiger partial charge in [0.1, 0.15) is 12.0 Å². The number of amides is 2. The van der Waals surface area contributed by atoms with Crippen molar-refractivity contribution in [3.63, 3.8) is 0 Å². The van der Waals surface area contributed by atoms with Gasteiger partial charge in [0, 0.05) is 6.04 Å². The summed E-state index contributed by atoms with van der Waals surface area (Å²) in [7, 11) is 0. The van der Waals surface area contributed by atoms with Gasteiger partial charge in [0.15, 0.2) is 11.6 Å². The summed E-state index contributed by atoms with van der Waals surface area (Å²) in [5.41, 5.74) is -0.937. The van der Waals surface area contributed by atoms with Crippen LogP contribution >= 0.6 is 0 Å². The second-order valence-electron chi connectivity index (χ2n) is 7.00. The molecule has 5 nitrogen and oxygen atoms in total. The predicted molar refractivity (Wildman–Crippen MR) is 91.6 cm³/mol. The molecule has 2 aliphatic carbocycles. The standard InChI is InChI=1S/C19H25FN2O3/c1-2-13(12-25-16-7-4-3-6-15(16)20)21-17(23)19(10-5-11-19)18(24)22-14-8-9-14/h3-4,6-7,13-14H,2,5,8-12H2,1H3,(H,21,23)(H,22,24)/t13-/m0/s1. The molecule has 2 amide bonds. The minimum Gasteiger partial charge on any atom is -0.488 e. The van der Waals surface area contributed by atoms with E-state index in [9.17, 15) is 14.0 Å². The molecule has 25 heavy (non-hydrogen) atoms. The molecule has 0 bridgehead atoms. The zero-order valence-corrected chi connectivity index (χ0v) is 14.5. The molecule has 0 aliphatic heterocycles. The summed E-state index contributed by atoms with van der Waals surface area (Å²) in [6.45, 7) is 2.09. The maximum absolute atomic E-state index is 13.6. The summed E-state index contributed by atoms with van der Waals surface area (Å²) in [5, 5.41) is 5.88. The third-order valence-electron chi connectivity index (χ3n) is 5.09. The highest BCUT2D eigenvalue weighted by Crippen LogP contribution is 2.42. The minimum absolute atomic E-state index is 0.149. The minimum atomic E-state index is -0.937. The summed E-state index contributed by atoms with van der Waals surface area (Å²) in [5.74, 6) is -0.646. The van der Waals surface area contributed by atoms with Crippen LogP contribution in [0.15, 0.2) is 24.3 Å². The third kappa shape index (κ3) is 3.94. The summed E-state index contributed by atoms with van der Waals surface area (Å²) >= 11 is 0. The molecule has 0 spiro atoms. The van der Waals surface area contributed by atoms with Gasteiger partial charge in [-0.05, 0) is 44.2 Å². The van der Waals surface area contributed by atoms with Gasteiger partial charge in [0.25, 0.3) is 0 Å². The van der Waals surface area contributed by atoms with Gasteiger partial charge >= 0.3 is 0 Å². The molecule has 1 aromatic carbocycles. The lowest BCUT2D eigenvalue weighted by molar-refractivity contribution is -0.150. The van der Waals surface area contributed by atoms with Gasteiger partial charge in [0.2, 0.25) is 11.8 Å². The van der Waals surface area contributed by atoms with E-state index in [1.54, 1.807) is 18.2 Å². The number of halogens is 1. The van der Waals surface area contributed by atoms with Crippen molar-refractivity contribution in [1.82, 2.24) is 10.6 Å². The fourth-order valence-electron chi connectivity index (χ4n) is 2.98. The highest BCUT2D eigenvalue weighted by atomic mass is 19.1. The molecule has 0 saturated heterocycles. The maximum atomic E-state index is 13.6. The van der Waals surface area contributed by atoms with E-state index in [0.717, 1.165) is 19.3 Å². The Morgan fingerprint density at radius 3 is 2.56 bits per heavy atom. The molecule has 2 fully saturated rings. The monoisotopic (exact) mass is 348 g/mol. The SMILES string of the molecule is CC[C@@H](COc1ccccc1F)NC(=O)C1(C(=O)NC2CC2)CCC1. The number of rotatable bonds is 8. The lowest BCUT2D eigenvalue weighted by Crippen LogP contribution is -2.57. The first-order valence-corrected chi connectivity index (χ1v) is 9.04. The topological polar surface area (TPSA) is 67.4 Å². The smallest absolute Gasteiger partial charge is 0.236 e. The Hall–Kier alpha value is -2.11. The number of hydrogen-bond donors (Lipinski definition) is 2. The fraction of sp³-hybridized carbons (Fsp3) is 0.579. The van der Waals surface area contributed by atoms with E-state index < -0.39 is 11.2 Å². The van der Waals surface area contributed by atoms with Crippen molar-refractivity contribution in [2.45, 2.75) is 57.5 Å². The summed E-state index contributed by atoms with van der Waals surface area (Å²) < 4.78 is 19.1. The van der Waals surface area contributed by atoms with E-state index in [2.05, 4.69) is 10.6 Å². The zero-order chi connectivity index (χ0) is 17.9. The first-order chi connectivity index (χ1) is 12.0. The van der Waals surface area contributed by atoms with Crippen molar-refractivity contribution < 1.29 is 18.7 Å². The van der Waals surface area contributed by atoms with E-state index >= 15 is 0 Å². The molecule has 0 heterocycles. The molecule has 1 atom stereocenters. The lowest BCUT2D eigenvalue weighted by atomic mass is 9.67. The van der Waals surface area contributed by atoms with Crippen LogP contribution in [-0.4, -0.2) is 30.5 Å². The van der Waals surface area contributed by atoms with Gasteiger partial charge in [-0.25, -0.2) is 4.39 Å². The zero-order valence-electron chi connectivity index (χ0n) is 14.5. The van der Waals surface area contributed by atoms with Crippen molar-refractivity contribution in [3.05, 3.63) is 30.1 Å². The first kappa shape index (κ1) is 17.7. The number of para-hydroxylation sites is 1. The normalized spacial score (nSPS) is 19.4. The van der Waals surface area contributed by atoms with E-state index in [1.807, 2.05) is 6.92 Å². The van der Waals surface area contributed by atoms with Crippen molar-refractivity contribution in [2.75, 3.05) is 6.61 Å². The van der Waals surface area contributed by atoms with Crippen LogP contribution in [0.4, 0.5) is 4.39 Å². The summed E-state index contributed by atoms with van der Waals surface area (Å²) in [4.78, 5) is 25.2. The van der Waals surface area contributed by atoms with Crippen LogP contribution < -0.4 is 15.4 Å². The van der Waals surface area contributed by atoms with Gasteiger partial charge in [0.05, 0.1) is 6.04 Å². The molecule has 0 unspecified atom stereocenters. The van der Waals surface area contributed by atoms with Gasteiger partial charge < -0.3 is 15.4 Å². The molecule has 136 valence electrons. The van der Waals surface area contributed by atoms with E-state index in [1.165, 1.54) is 6.07 Å². The highest BCUT2D eigenvalue weighted by molar-refractivity contribution is 6.06. The number of benzene rings is 1. The Labute approximate surface area is 147 Å². The van der Waals surface area contributed by atoms with Crippen molar-refractivity contribution in [1.29, 1.82) is 0 Å². The van der Waals surface area contributed by atoms with Crippen LogP contribution in [0, 0.1) is 11.2 Å². The predicted octanol–water partition coefficient (Wildman–Crippen LogP) is 2.55. The molecule has 1 aromatic rings. The van der Waals surface area contributed by atoms with E-state index in [-0.39, 0.29) is 36.3 Å². The van der Waals surface area contributed by atoms with Crippen molar-refractivity contribution in [2.24, 2.45) is 5.41 Å². The average molecular weight is 348 g/mol. The van der Waals surface area contributed by atoms with Gasteiger partial charge in [-0.1, -0.05) is 25.5 Å². The molecule has 0 aromatic heterocycles. The van der Waals surface area contributed by atoms with Crippen LogP contribution in [-0.2, 0) is 9.59 Å². The number of ether oxygens (including phenoxy) is 1. The summed E-state index contributed by atoms with van der Waals surface area (Å²) in [6, 6.07) is 6.16. The Morgan fingerprint density at radius 2 is 2.00 bits per heavy atom. The van der Waals surface area contributed by atoms with Crippen LogP contribution in [0.3, 0.4) is 0 Å². The second-order valence-corrected chi connectivity index (χ2v) is 7.00.